The summed E-state index contributed by atoms with van der Waals surface area (Å²) in [7, 11) is 1.21. The van der Waals surface area contributed by atoms with E-state index in [0.29, 0.717) is 13.1 Å². The molecule has 138 valence electrons. The van der Waals surface area contributed by atoms with Gasteiger partial charge in [-0.05, 0) is 32.9 Å². The number of nitrogens with zero attached hydrogens (tertiary/aromatic N) is 1. The molecule has 0 aliphatic rings. The van der Waals surface area contributed by atoms with Gasteiger partial charge in [0.25, 0.3) is 5.69 Å². The van der Waals surface area contributed by atoms with E-state index in [9.17, 15) is 19.7 Å². The highest BCUT2D eigenvalue weighted by atomic mass is 16.6. The lowest BCUT2D eigenvalue weighted by Crippen LogP contribution is -2.33. The van der Waals surface area contributed by atoms with Crippen LogP contribution in [0.15, 0.2) is 18.2 Å². The molecule has 0 aliphatic heterocycles. The molecule has 25 heavy (non-hydrogen) atoms. The molecule has 0 unspecified atom stereocenters. The number of methoxy groups -OCH3 is 1. The lowest BCUT2D eigenvalue weighted by Gasteiger charge is -2.19. The third kappa shape index (κ3) is 7.17. The minimum absolute atomic E-state index is 0.0440. The summed E-state index contributed by atoms with van der Waals surface area (Å²) in [6, 6.07) is 4.04. The van der Waals surface area contributed by atoms with Crippen molar-refractivity contribution < 1.29 is 24.0 Å². The Balaban J connectivity index is 2.53. The van der Waals surface area contributed by atoms with E-state index in [1.54, 1.807) is 20.8 Å². The van der Waals surface area contributed by atoms with Crippen molar-refractivity contribution in [2.75, 3.05) is 32.1 Å². The van der Waals surface area contributed by atoms with Crippen LogP contribution in [-0.4, -0.2) is 49.2 Å². The number of ether oxygens (including phenoxy) is 2. The molecular weight excluding hydrogens is 330 g/mol. The Bertz CT molecular complexity index is 639. The number of nitrogens with one attached hydrogen (secondary N) is 2. The van der Waals surface area contributed by atoms with Gasteiger partial charge in [-0.3, -0.25) is 14.9 Å². The van der Waals surface area contributed by atoms with Gasteiger partial charge in [-0.1, -0.05) is 0 Å². The molecule has 0 bridgehead atoms. The summed E-state index contributed by atoms with van der Waals surface area (Å²) in [6.07, 6.45) is 0. The van der Waals surface area contributed by atoms with Crippen molar-refractivity contribution in [3.8, 4) is 0 Å². The Kier molecular flexibility index (Phi) is 7.31. The van der Waals surface area contributed by atoms with E-state index in [-0.39, 0.29) is 29.5 Å². The van der Waals surface area contributed by atoms with Gasteiger partial charge in [0.05, 0.1) is 24.1 Å². The van der Waals surface area contributed by atoms with Gasteiger partial charge in [0.1, 0.15) is 11.3 Å². The average molecular weight is 353 g/mol. The SMILES string of the molecule is COC(=O)c1ccc(NCCNCC(=O)OC(C)(C)C)c([N+](=O)[O-])c1. The molecule has 0 saturated heterocycles. The van der Waals surface area contributed by atoms with Crippen molar-refractivity contribution in [2.24, 2.45) is 0 Å². The van der Waals surface area contributed by atoms with Crippen LogP contribution < -0.4 is 10.6 Å². The predicted octanol–water partition coefficient (Wildman–Crippen LogP) is 1.72. The molecule has 9 nitrogen and oxygen atoms in total. The fourth-order valence-electron chi connectivity index (χ4n) is 1.93. The summed E-state index contributed by atoms with van der Waals surface area (Å²) in [5, 5.41) is 16.9. The van der Waals surface area contributed by atoms with Crippen LogP contribution in [0, 0.1) is 10.1 Å². The number of rotatable bonds is 8. The predicted molar refractivity (Wildman–Crippen MR) is 91.6 cm³/mol. The zero-order valence-corrected chi connectivity index (χ0v) is 14.8. The van der Waals surface area contributed by atoms with E-state index in [2.05, 4.69) is 15.4 Å². The molecule has 0 saturated carbocycles. The molecule has 0 aliphatic carbocycles. The quantitative estimate of drug-likeness (QED) is 0.314. The fourth-order valence-corrected chi connectivity index (χ4v) is 1.93. The number of benzene rings is 1. The highest BCUT2D eigenvalue weighted by Gasteiger charge is 2.18. The second-order valence-electron chi connectivity index (χ2n) is 6.17. The van der Waals surface area contributed by atoms with Gasteiger partial charge in [-0.25, -0.2) is 4.79 Å². The lowest BCUT2D eigenvalue weighted by atomic mass is 10.1. The fraction of sp³-hybridized carbons (Fsp3) is 0.500. The largest absolute Gasteiger partial charge is 0.465 e. The van der Waals surface area contributed by atoms with E-state index >= 15 is 0 Å². The van der Waals surface area contributed by atoms with Crippen LogP contribution >= 0.6 is 0 Å². The summed E-state index contributed by atoms with van der Waals surface area (Å²) in [5.41, 5.74) is -0.395. The normalized spacial score (nSPS) is 10.9. The van der Waals surface area contributed by atoms with Gasteiger partial charge in [0.15, 0.2) is 0 Å². The third-order valence-electron chi connectivity index (χ3n) is 2.92. The molecule has 0 aromatic heterocycles. The van der Waals surface area contributed by atoms with Crippen molar-refractivity contribution in [1.82, 2.24) is 5.32 Å². The molecule has 0 heterocycles. The number of anilines is 1. The first-order chi connectivity index (χ1) is 11.6. The summed E-state index contributed by atoms with van der Waals surface area (Å²) in [6.45, 7) is 6.13. The number of hydrogen-bond donors (Lipinski definition) is 2. The van der Waals surface area contributed by atoms with E-state index in [1.165, 1.54) is 19.2 Å². The molecule has 1 aromatic rings. The molecular formula is C16H23N3O6. The first kappa shape index (κ1) is 20.4. The van der Waals surface area contributed by atoms with Crippen LogP contribution in [0.5, 0.6) is 0 Å². The monoisotopic (exact) mass is 353 g/mol. The molecule has 0 amide bonds. The summed E-state index contributed by atoms with van der Waals surface area (Å²) in [5.74, 6) is -1.02. The van der Waals surface area contributed by atoms with Crippen LogP contribution in [0.1, 0.15) is 31.1 Å². The Morgan fingerprint density at radius 2 is 1.92 bits per heavy atom. The molecule has 0 atom stereocenters. The van der Waals surface area contributed by atoms with Gasteiger partial charge in [0, 0.05) is 19.2 Å². The minimum atomic E-state index is -0.645. The topological polar surface area (TPSA) is 120 Å². The first-order valence-electron chi connectivity index (χ1n) is 7.67. The Morgan fingerprint density at radius 3 is 2.48 bits per heavy atom. The maximum atomic E-state index is 11.5. The maximum absolute atomic E-state index is 11.5. The lowest BCUT2D eigenvalue weighted by molar-refractivity contribution is -0.384. The number of esters is 2. The van der Waals surface area contributed by atoms with Gasteiger partial charge in [0.2, 0.25) is 0 Å². The second kappa shape index (κ2) is 8.97. The van der Waals surface area contributed by atoms with Crippen LogP contribution in [0.3, 0.4) is 0 Å². The van der Waals surface area contributed by atoms with Crippen molar-refractivity contribution in [1.29, 1.82) is 0 Å². The third-order valence-corrected chi connectivity index (χ3v) is 2.92. The van der Waals surface area contributed by atoms with Crippen molar-refractivity contribution in [3.05, 3.63) is 33.9 Å². The molecule has 1 rings (SSSR count). The number of nitro groups is 1. The standard InChI is InChI=1S/C16H23N3O6/c1-16(2,3)25-14(20)10-17-7-8-18-12-6-5-11(15(21)24-4)9-13(12)19(22)23/h5-6,9,17-18H,7-8,10H2,1-4H3. The van der Waals surface area contributed by atoms with E-state index in [4.69, 9.17) is 4.74 Å². The number of nitro benzene ring substituents is 1. The number of carbonyl (C=O) groups is 2. The Morgan fingerprint density at radius 1 is 1.24 bits per heavy atom. The van der Waals surface area contributed by atoms with E-state index in [1.807, 2.05) is 0 Å². The summed E-state index contributed by atoms with van der Waals surface area (Å²) in [4.78, 5) is 33.5. The Hall–Kier alpha value is -2.68. The van der Waals surface area contributed by atoms with Crippen LogP contribution in [0.2, 0.25) is 0 Å². The highest BCUT2D eigenvalue weighted by molar-refractivity contribution is 5.91. The van der Waals surface area contributed by atoms with Crippen molar-refractivity contribution in [3.63, 3.8) is 0 Å². The molecule has 2 N–H and O–H groups in total. The summed E-state index contributed by atoms with van der Waals surface area (Å²) >= 11 is 0. The maximum Gasteiger partial charge on any atom is 0.338 e. The second-order valence-corrected chi connectivity index (χ2v) is 6.17. The van der Waals surface area contributed by atoms with Crippen LogP contribution in [-0.2, 0) is 14.3 Å². The zero-order chi connectivity index (χ0) is 19.0. The smallest absolute Gasteiger partial charge is 0.338 e. The average Bonchev–Trinajstić information content (AvgIpc) is 2.52. The minimum Gasteiger partial charge on any atom is -0.465 e. The van der Waals surface area contributed by atoms with Crippen LogP contribution in [0.25, 0.3) is 0 Å². The highest BCUT2D eigenvalue weighted by Crippen LogP contribution is 2.25. The number of carbonyl (C=O) groups excluding carboxylic acids is 2. The molecule has 0 spiro atoms. The van der Waals surface area contributed by atoms with Gasteiger partial charge >= 0.3 is 11.9 Å². The van der Waals surface area contributed by atoms with Crippen molar-refractivity contribution in [2.45, 2.75) is 26.4 Å². The Labute approximate surface area is 145 Å². The van der Waals surface area contributed by atoms with Crippen LogP contribution in [0.4, 0.5) is 11.4 Å². The molecule has 0 radical (unpaired) electrons. The first-order valence-corrected chi connectivity index (χ1v) is 7.67. The zero-order valence-electron chi connectivity index (χ0n) is 14.8. The van der Waals surface area contributed by atoms with Crippen molar-refractivity contribution >= 4 is 23.3 Å². The number of hydrogen-bond acceptors (Lipinski definition) is 8. The van der Waals surface area contributed by atoms with Gasteiger partial charge < -0.3 is 20.1 Å². The van der Waals surface area contributed by atoms with Gasteiger partial charge in [-0.2, -0.15) is 0 Å². The molecule has 0 fully saturated rings. The molecule has 9 heteroatoms. The van der Waals surface area contributed by atoms with E-state index in [0.717, 1.165) is 6.07 Å². The van der Waals surface area contributed by atoms with Gasteiger partial charge in [-0.15, -0.1) is 0 Å². The summed E-state index contributed by atoms with van der Waals surface area (Å²) < 4.78 is 9.69. The molecule has 1 aromatic carbocycles. The van der Waals surface area contributed by atoms with E-state index < -0.39 is 16.5 Å².